The Bertz CT molecular complexity index is 1120. The molecule has 7 heteroatoms. The summed E-state index contributed by atoms with van der Waals surface area (Å²) in [5.41, 5.74) is 5.80. The molecule has 2 amide bonds. The van der Waals surface area contributed by atoms with E-state index in [0.29, 0.717) is 19.6 Å². The molecule has 0 aliphatic carbocycles. The van der Waals surface area contributed by atoms with E-state index in [1.54, 1.807) is 7.05 Å². The Morgan fingerprint density at radius 3 is 2.61 bits per heavy atom. The van der Waals surface area contributed by atoms with Crippen molar-refractivity contribution >= 4 is 22.7 Å². The molecular formula is C26H33N5O2. The van der Waals surface area contributed by atoms with Crippen LogP contribution in [0.3, 0.4) is 0 Å². The van der Waals surface area contributed by atoms with Gasteiger partial charge in [0.15, 0.2) is 0 Å². The Morgan fingerprint density at radius 2 is 1.85 bits per heavy atom. The van der Waals surface area contributed by atoms with Gasteiger partial charge in [0.25, 0.3) is 0 Å². The first-order valence-electron chi connectivity index (χ1n) is 11.5. The lowest BCUT2D eigenvalue weighted by Crippen LogP contribution is -2.60. The summed E-state index contributed by atoms with van der Waals surface area (Å²) in [6.07, 6.45) is 0. The van der Waals surface area contributed by atoms with Crippen LogP contribution < -0.4 is 10.6 Å². The van der Waals surface area contributed by atoms with E-state index in [2.05, 4.69) is 58.6 Å². The zero-order valence-electron chi connectivity index (χ0n) is 19.6. The number of carbonyl (C=O) groups excluding carboxylic acids is 2. The smallest absolute Gasteiger partial charge is 0.238 e. The maximum Gasteiger partial charge on any atom is 0.238 e. The van der Waals surface area contributed by atoms with Crippen molar-refractivity contribution in [2.45, 2.75) is 33.0 Å². The Hall–Kier alpha value is -3.16. The minimum absolute atomic E-state index is 0.0516. The third kappa shape index (κ3) is 5.43. The summed E-state index contributed by atoms with van der Waals surface area (Å²) in [5.74, 6) is -0.119. The number of amides is 2. The zero-order valence-corrected chi connectivity index (χ0v) is 19.6. The quantitative estimate of drug-likeness (QED) is 0.519. The van der Waals surface area contributed by atoms with Gasteiger partial charge < -0.3 is 15.6 Å². The summed E-state index contributed by atoms with van der Waals surface area (Å²) in [6.45, 7) is 7.75. The van der Waals surface area contributed by atoms with E-state index >= 15 is 0 Å². The highest BCUT2D eigenvalue weighted by Crippen LogP contribution is 2.22. The van der Waals surface area contributed by atoms with E-state index in [1.807, 2.05) is 29.2 Å². The largest absolute Gasteiger partial charge is 0.358 e. The molecule has 1 aliphatic heterocycles. The molecule has 1 aliphatic rings. The number of carbonyl (C=O) groups is 2. The minimum atomic E-state index is -0.347. The molecule has 3 N–H and O–H groups in total. The average molecular weight is 448 g/mol. The first kappa shape index (κ1) is 23.0. The van der Waals surface area contributed by atoms with E-state index in [0.717, 1.165) is 29.9 Å². The van der Waals surface area contributed by atoms with Gasteiger partial charge in [-0.25, -0.2) is 0 Å². The number of aromatic nitrogens is 1. The number of H-pyrrole nitrogens is 1. The van der Waals surface area contributed by atoms with Crippen LogP contribution in [0.2, 0.25) is 0 Å². The highest BCUT2D eigenvalue weighted by molar-refractivity contribution is 5.85. The molecule has 1 aromatic heterocycles. The molecule has 2 heterocycles. The Labute approximate surface area is 195 Å². The molecular weight excluding hydrogens is 414 g/mol. The van der Waals surface area contributed by atoms with Crippen molar-refractivity contribution in [3.63, 3.8) is 0 Å². The van der Waals surface area contributed by atoms with Crippen molar-refractivity contribution in [1.29, 1.82) is 0 Å². The zero-order chi connectivity index (χ0) is 23.4. The second-order valence-electron chi connectivity index (χ2n) is 8.85. The second kappa shape index (κ2) is 10.2. The van der Waals surface area contributed by atoms with Crippen molar-refractivity contribution in [3.05, 3.63) is 70.9 Å². The first-order chi connectivity index (χ1) is 15.9. The summed E-state index contributed by atoms with van der Waals surface area (Å²) in [5, 5.41) is 6.98. The van der Waals surface area contributed by atoms with Gasteiger partial charge in [-0.3, -0.25) is 19.4 Å². The molecule has 1 atom stereocenters. The van der Waals surface area contributed by atoms with E-state index in [9.17, 15) is 9.59 Å². The number of rotatable bonds is 7. The molecule has 4 rings (SSSR count). The average Bonchev–Trinajstić information content (AvgIpc) is 3.11. The van der Waals surface area contributed by atoms with Gasteiger partial charge in [-0.05, 0) is 42.7 Å². The summed E-state index contributed by atoms with van der Waals surface area (Å²) >= 11 is 0. The van der Waals surface area contributed by atoms with Crippen molar-refractivity contribution in [2.24, 2.45) is 0 Å². The number of likely N-dealkylation sites (N-methyl/N-ethyl adjacent to an activating group) is 1. The second-order valence-corrected chi connectivity index (χ2v) is 8.85. The molecule has 3 aromatic rings. The van der Waals surface area contributed by atoms with Gasteiger partial charge in [0.2, 0.25) is 11.8 Å². The first-order valence-corrected chi connectivity index (χ1v) is 11.5. The number of nitrogens with one attached hydrogen (secondary N) is 3. The summed E-state index contributed by atoms with van der Waals surface area (Å²) in [4.78, 5) is 33.0. The predicted octanol–water partition coefficient (Wildman–Crippen LogP) is 2.33. The fraction of sp³-hybridized carbons (Fsp3) is 0.385. The lowest BCUT2D eigenvalue weighted by Gasteiger charge is -2.40. The summed E-state index contributed by atoms with van der Waals surface area (Å²) < 4.78 is 0. The number of benzene rings is 2. The third-order valence-electron chi connectivity index (χ3n) is 6.58. The number of hydrogen-bond acceptors (Lipinski definition) is 4. The molecule has 2 aromatic carbocycles. The third-order valence-corrected chi connectivity index (χ3v) is 6.58. The molecule has 7 nitrogen and oxygen atoms in total. The predicted molar refractivity (Wildman–Crippen MR) is 131 cm³/mol. The van der Waals surface area contributed by atoms with Crippen LogP contribution in [0.25, 0.3) is 10.9 Å². The fourth-order valence-corrected chi connectivity index (χ4v) is 4.53. The van der Waals surface area contributed by atoms with Gasteiger partial charge in [-0.15, -0.1) is 0 Å². The van der Waals surface area contributed by atoms with Crippen molar-refractivity contribution in [3.8, 4) is 0 Å². The lowest BCUT2D eigenvalue weighted by atomic mass is 10.1. The molecule has 33 heavy (non-hydrogen) atoms. The minimum Gasteiger partial charge on any atom is -0.358 e. The highest BCUT2D eigenvalue weighted by Gasteiger charge is 2.32. The van der Waals surface area contributed by atoms with E-state index in [4.69, 9.17) is 0 Å². The van der Waals surface area contributed by atoms with Gasteiger partial charge in [-0.1, -0.05) is 36.4 Å². The Kier molecular flexibility index (Phi) is 7.11. The molecule has 0 bridgehead atoms. The summed E-state index contributed by atoms with van der Waals surface area (Å²) in [7, 11) is 1.65. The van der Waals surface area contributed by atoms with E-state index < -0.39 is 0 Å². The Balaban J connectivity index is 1.35. The van der Waals surface area contributed by atoms with Crippen LogP contribution in [0.15, 0.2) is 48.5 Å². The van der Waals surface area contributed by atoms with E-state index in [-0.39, 0.29) is 24.4 Å². The molecule has 174 valence electrons. The number of hydrogen-bond donors (Lipinski definition) is 3. The van der Waals surface area contributed by atoms with Crippen LogP contribution in [0, 0.1) is 13.8 Å². The van der Waals surface area contributed by atoms with Crippen molar-refractivity contribution in [1.82, 2.24) is 25.4 Å². The van der Waals surface area contributed by atoms with Crippen molar-refractivity contribution < 1.29 is 9.59 Å². The molecule has 0 radical (unpaired) electrons. The maximum absolute atomic E-state index is 12.7. The molecule has 0 spiro atoms. The SMILES string of the molecule is CNC(=O)[C@@H]1CN(Cc2ccccc2)CCN1CC(=O)NCc1ccc2[nH]c(C)c(C)c2c1. The number of fused-ring (bicyclic) bond motifs is 1. The van der Waals surface area contributed by atoms with Crippen LogP contribution in [0.1, 0.15) is 22.4 Å². The van der Waals surface area contributed by atoms with Crippen LogP contribution in [-0.2, 0) is 22.7 Å². The van der Waals surface area contributed by atoms with Gasteiger partial charge in [0.05, 0.1) is 6.54 Å². The molecule has 0 unspecified atom stereocenters. The monoisotopic (exact) mass is 447 g/mol. The fourth-order valence-electron chi connectivity index (χ4n) is 4.53. The molecule has 1 fully saturated rings. The van der Waals surface area contributed by atoms with Crippen LogP contribution in [0.5, 0.6) is 0 Å². The van der Waals surface area contributed by atoms with Crippen LogP contribution in [-0.4, -0.2) is 65.9 Å². The van der Waals surface area contributed by atoms with Crippen LogP contribution in [0.4, 0.5) is 0 Å². The summed E-state index contributed by atoms with van der Waals surface area (Å²) in [6, 6.07) is 16.1. The number of piperazine rings is 1. The maximum atomic E-state index is 12.7. The van der Waals surface area contributed by atoms with Gasteiger partial charge in [0, 0.05) is 56.4 Å². The standard InChI is InChI=1S/C26H33N5O2/c1-18-19(2)29-23-10-9-21(13-22(18)23)14-28-25(32)17-31-12-11-30(16-24(31)26(33)27-3)15-20-7-5-4-6-8-20/h4-10,13,24,29H,11-12,14-17H2,1-3H3,(H,27,33)(H,28,32)/t24-/m0/s1. The van der Waals surface area contributed by atoms with E-state index in [1.165, 1.54) is 16.5 Å². The lowest BCUT2D eigenvalue weighted by molar-refractivity contribution is -0.131. The molecule has 1 saturated heterocycles. The molecule has 0 saturated carbocycles. The normalized spacial score (nSPS) is 17.2. The number of aryl methyl sites for hydroxylation is 2. The number of aromatic amines is 1. The topological polar surface area (TPSA) is 80.5 Å². The Morgan fingerprint density at radius 1 is 1.06 bits per heavy atom. The highest BCUT2D eigenvalue weighted by atomic mass is 16.2. The van der Waals surface area contributed by atoms with Gasteiger partial charge in [0.1, 0.15) is 6.04 Å². The van der Waals surface area contributed by atoms with Gasteiger partial charge >= 0.3 is 0 Å². The van der Waals surface area contributed by atoms with Crippen molar-refractivity contribution in [2.75, 3.05) is 33.2 Å². The van der Waals surface area contributed by atoms with Gasteiger partial charge in [-0.2, -0.15) is 0 Å². The number of nitrogens with zero attached hydrogens (tertiary/aromatic N) is 2. The van der Waals surface area contributed by atoms with Crippen LogP contribution >= 0.6 is 0 Å².